The Bertz CT molecular complexity index is 142. The van der Waals surface area contributed by atoms with Crippen LogP contribution >= 0.6 is 16.1 Å². The Morgan fingerprint density at radius 2 is 2.57 bits per heavy atom. The zero-order chi connectivity index (χ0) is 5.28. The van der Waals surface area contributed by atoms with Crippen molar-refractivity contribution in [2.24, 2.45) is 0 Å². The molecule has 3 nitrogen and oxygen atoms in total. The first kappa shape index (κ1) is 4.64. The van der Waals surface area contributed by atoms with Crippen LogP contribution in [0, 0.1) is 0 Å². The number of nitrogen functional groups attached to an aromatic ring is 1. The number of aromatic nitrogens is 2. The fourth-order valence-corrected chi connectivity index (χ4v) is 0.520. The first-order valence-corrected chi connectivity index (χ1v) is 2.47. The largest absolute Gasteiger partial charge is 0.383 e. The van der Waals surface area contributed by atoms with Crippen LogP contribution in [0.5, 0.6) is 0 Å². The maximum Gasteiger partial charge on any atom is 0.134 e. The second kappa shape index (κ2) is 1.54. The van der Waals surface area contributed by atoms with Gasteiger partial charge in [-0.1, -0.05) is 0 Å². The highest BCUT2D eigenvalue weighted by Crippen LogP contribution is 2.00. The van der Waals surface area contributed by atoms with Gasteiger partial charge < -0.3 is 5.73 Å². The number of nitrogens with zero attached hydrogens (tertiary/aromatic N) is 2. The van der Waals surface area contributed by atoms with Crippen LogP contribution in [0.4, 0.5) is 5.82 Å². The number of nitrogens with two attached hydrogens (primary N) is 1. The topological polar surface area (TPSA) is 43.8 Å². The molecule has 0 saturated heterocycles. The van der Waals surface area contributed by atoms with E-state index >= 15 is 0 Å². The normalized spacial score (nSPS) is 9.29. The lowest BCUT2D eigenvalue weighted by atomic mass is 10.7. The van der Waals surface area contributed by atoms with Crippen LogP contribution in [0.1, 0.15) is 0 Å². The lowest BCUT2D eigenvalue weighted by Crippen LogP contribution is -1.89. The Balaban J connectivity index is 3.12. The standard InChI is InChI=1S/C3H4BrN3/c4-7-3(5)1-2-6-7/h1-2H,5H2. The van der Waals surface area contributed by atoms with Gasteiger partial charge in [0.25, 0.3) is 0 Å². The molecule has 0 aliphatic heterocycles. The highest BCUT2D eigenvalue weighted by atomic mass is 79.9. The molecule has 1 rings (SSSR count). The highest BCUT2D eigenvalue weighted by Gasteiger charge is 1.86. The van der Waals surface area contributed by atoms with Gasteiger partial charge in [-0.3, -0.25) is 0 Å². The average Bonchev–Trinajstić information content (AvgIpc) is 1.91. The molecular weight excluding hydrogens is 158 g/mol. The van der Waals surface area contributed by atoms with Crippen LogP contribution < -0.4 is 5.73 Å². The van der Waals surface area contributed by atoms with Gasteiger partial charge in [-0.25, -0.2) is 0 Å². The number of halogens is 1. The van der Waals surface area contributed by atoms with Gasteiger partial charge in [0, 0.05) is 6.07 Å². The van der Waals surface area contributed by atoms with E-state index in [2.05, 4.69) is 21.2 Å². The number of hydrogen-bond donors (Lipinski definition) is 1. The van der Waals surface area contributed by atoms with Crippen molar-refractivity contribution in [3.8, 4) is 0 Å². The van der Waals surface area contributed by atoms with Crippen LogP contribution in [-0.2, 0) is 0 Å². The number of hydrogen-bond acceptors (Lipinski definition) is 2. The lowest BCUT2D eigenvalue weighted by Gasteiger charge is -1.84. The van der Waals surface area contributed by atoms with Crippen LogP contribution in [0.2, 0.25) is 0 Å². The molecule has 1 aromatic heterocycles. The summed E-state index contributed by atoms with van der Waals surface area (Å²) in [6.07, 6.45) is 1.62. The molecule has 0 saturated carbocycles. The molecule has 0 amide bonds. The fourth-order valence-electron chi connectivity index (χ4n) is 0.296. The van der Waals surface area contributed by atoms with Gasteiger partial charge in [-0.15, -0.1) is 0 Å². The smallest absolute Gasteiger partial charge is 0.134 e. The fraction of sp³-hybridized carbons (Fsp3) is 0. The third-order valence-electron chi connectivity index (χ3n) is 0.626. The van der Waals surface area contributed by atoms with Crippen molar-refractivity contribution >= 4 is 22.0 Å². The Labute approximate surface area is 49.5 Å². The van der Waals surface area contributed by atoms with Crippen molar-refractivity contribution in [3.63, 3.8) is 0 Å². The number of anilines is 1. The van der Waals surface area contributed by atoms with Gasteiger partial charge in [0.05, 0.1) is 22.3 Å². The quantitative estimate of drug-likeness (QED) is 0.607. The maximum atomic E-state index is 5.29. The van der Waals surface area contributed by atoms with Gasteiger partial charge in [-0.05, 0) is 0 Å². The Hall–Kier alpha value is -0.510. The summed E-state index contributed by atoms with van der Waals surface area (Å²) in [4.78, 5) is 0. The van der Waals surface area contributed by atoms with E-state index < -0.39 is 0 Å². The van der Waals surface area contributed by atoms with Gasteiger partial charge in [0.2, 0.25) is 0 Å². The molecule has 0 unspecified atom stereocenters. The molecule has 1 aromatic rings. The van der Waals surface area contributed by atoms with Gasteiger partial charge in [0.15, 0.2) is 0 Å². The van der Waals surface area contributed by atoms with E-state index in [1.807, 2.05) is 0 Å². The first-order valence-electron chi connectivity index (χ1n) is 1.76. The molecule has 0 fully saturated rings. The number of rotatable bonds is 0. The Kier molecular flexibility index (Phi) is 1.02. The highest BCUT2D eigenvalue weighted by molar-refractivity contribution is 9.08. The molecule has 38 valence electrons. The molecule has 0 aliphatic carbocycles. The van der Waals surface area contributed by atoms with Crippen LogP contribution in [0.15, 0.2) is 12.3 Å². The molecule has 0 bridgehead atoms. The van der Waals surface area contributed by atoms with Crippen molar-refractivity contribution in [1.82, 2.24) is 8.81 Å². The Morgan fingerprint density at radius 1 is 1.86 bits per heavy atom. The van der Waals surface area contributed by atoms with E-state index in [4.69, 9.17) is 5.73 Å². The minimum atomic E-state index is 0.611. The molecule has 4 heteroatoms. The predicted molar refractivity (Wildman–Crippen MR) is 31.0 cm³/mol. The SMILES string of the molecule is Nc1ccnn1Br. The van der Waals surface area contributed by atoms with Crippen molar-refractivity contribution in [2.45, 2.75) is 0 Å². The summed E-state index contributed by atoms with van der Waals surface area (Å²) in [7, 11) is 0. The summed E-state index contributed by atoms with van der Waals surface area (Å²) >= 11 is 3.05. The molecule has 1 heterocycles. The molecule has 0 spiro atoms. The minimum Gasteiger partial charge on any atom is -0.383 e. The van der Waals surface area contributed by atoms with Crippen molar-refractivity contribution in [3.05, 3.63) is 12.3 Å². The second-order valence-corrected chi connectivity index (χ2v) is 1.79. The molecule has 0 radical (unpaired) electrons. The van der Waals surface area contributed by atoms with E-state index in [0.717, 1.165) is 0 Å². The summed E-state index contributed by atoms with van der Waals surface area (Å²) in [6.45, 7) is 0. The molecule has 2 N–H and O–H groups in total. The van der Waals surface area contributed by atoms with Crippen molar-refractivity contribution in [1.29, 1.82) is 0 Å². The lowest BCUT2D eigenvalue weighted by molar-refractivity contribution is 1.04. The third kappa shape index (κ3) is 0.742. The summed E-state index contributed by atoms with van der Waals surface area (Å²) in [5, 5.41) is 3.72. The summed E-state index contributed by atoms with van der Waals surface area (Å²) in [6, 6.07) is 1.70. The summed E-state index contributed by atoms with van der Waals surface area (Å²) in [5.41, 5.74) is 5.29. The van der Waals surface area contributed by atoms with Crippen molar-refractivity contribution < 1.29 is 0 Å². The zero-order valence-electron chi connectivity index (χ0n) is 3.50. The van der Waals surface area contributed by atoms with E-state index in [9.17, 15) is 0 Å². The van der Waals surface area contributed by atoms with E-state index in [0.29, 0.717) is 5.82 Å². The van der Waals surface area contributed by atoms with Gasteiger partial charge >= 0.3 is 0 Å². The Morgan fingerprint density at radius 3 is 2.71 bits per heavy atom. The molecular formula is C3H4BrN3. The van der Waals surface area contributed by atoms with Crippen LogP contribution in [0.25, 0.3) is 0 Å². The first-order chi connectivity index (χ1) is 3.30. The summed E-state index contributed by atoms with van der Waals surface area (Å²) in [5.74, 6) is 0.611. The average molecular weight is 162 g/mol. The molecule has 0 aliphatic rings. The van der Waals surface area contributed by atoms with E-state index in [-0.39, 0.29) is 0 Å². The van der Waals surface area contributed by atoms with E-state index in [1.54, 1.807) is 12.3 Å². The predicted octanol–water partition coefficient (Wildman–Crippen LogP) is 0.623. The van der Waals surface area contributed by atoms with Gasteiger partial charge in [0.1, 0.15) is 5.82 Å². The van der Waals surface area contributed by atoms with Crippen LogP contribution in [-0.4, -0.2) is 8.81 Å². The van der Waals surface area contributed by atoms with Crippen molar-refractivity contribution in [2.75, 3.05) is 5.73 Å². The van der Waals surface area contributed by atoms with Gasteiger partial charge in [-0.2, -0.15) is 8.81 Å². The van der Waals surface area contributed by atoms with E-state index in [1.165, 1.54) is 3.71 Å². The molecule has 0 atom stereocenters. The second-order valence-electron chi connectivity index (χ2n) is 1.12. The monoisotopic (exact) mass is 161 g/mol. The third-order valence-corrected chi connectivity index (χ3v) is 1.22. The maximum absolute atomic E-state index is 5.29. The molecule has 0 aromatic carbocycles. The van der Waals surface area contributed by atoms with Crippen LogP contribution in [0.3, 0.4) is 0 Å². The molecule has 7 heavy (non-hydrogen) atoms. The zero-order valence-corrected chi connectivity index (χ0v) is 5.09. The summed E-state index contributed by atoms with van der Waals surface area (Å²) < 4.78 is 1.42. The minimum absolute atomic E-state index is 0.611.